The van der Waals surface area contributed by atoms with Gasteiger partial charge in [0.2, 0.25) is 0 Å². The molecule has 0 aliphatic carbocycles. The maximum absolute atomic E-state index is 12.4. The molecular weight excluding hydrogens is 334 g/mol. The smallest absolute Gasteiger partial charge is 0.270 e. The first-order valence-electron chi connectivity index (χ1n) is 8.40. The molecule has 3 heterocycles. The molecule has 4 rings (SSSR count). The molecule has 1 aliphatic heterocycles. The zero-order valence-electron chi connectivity index (χ0n) is 13.8. The van der Waals surface area contributed by atoms with Gasteiger partial charge in [0.1, 0.15) is 23.1 Å². The Labute approximate surface area is 150 Å². The molecule has 1 N–H and O–H groups in total. The van der Waals surface area contributed by atoms with Crippen LogP contribution in [0, 0.1) is 0 Å². The second-order valence-corrected chi connectivity index (χ2v) is 6.97. The first-order chi connectivity index (χ1) is 12.3. The zero-order valence-corrected chi connectivity index (χ0v) is 14.6. The van der Waals surface area contributed by atoms with E-state index in [1.165, 1.54) is 0 Å². The van der Waals surface area contributed by atoms with Crippen LogP contribution in [-0.4, -0.2) is 33.9 Å². The number of H-pyrrole nitrogens is 1. The molecule has 1 aliphatic rings. The number of amides is 1. The summed E-state index contributed by atoms with van der Waals surface area (Å²) in [5.74, 6) is 0.908. The third-order valence-electron chi connectivity index (χ3n) is 4.26. The van der Waals surface area contributed by atoms with Crippen molar-refractivity contribution in [3.63, 3.8) is 0 Å². The first-order valence-corrected chi connectivity index (χ1v) is 9.28. The quantitative estimate of drug-likeness (QED) is 0.755. The fraction of sp³-hybridized carbons (Fsp3) is 0.263. The highest BCUT2D eigenvalue weighted by molar-refractivity contribution is 7.09. The Kier molecular flexibility index (Phi) is 4.52. The normalized spacial score (nSPS) is 14.0. The minimum Gasteiger partial charge on any atom is -0.486 e. The van der Waals surface area contributed by atoms with Gasteiger partial charge >= 0.3 is 0 Å². The van der Waals surface area contributed by atoms with Crippen LogP contribution in [0.1, 0.15) is 28.3 Å². The van der Waals surface area contributed by atoms with Gasteiger partial charge in [-0.05, 0) is 31.0 Å². The number of thiazole rings is 1. The molecule has 1 aromatic carbocycles. The molecule has 3 aromatic rings. The van der Waals surface area contributed by atoms with Crippen molar-refractivity contribution in [3.8, 4) is 17.0 Å². The molecule has 25 heavy (non-hydrogen) atoms. The van der Waals surface area contributed by atoms with E-state index in [0.29, 0.717) is 12.3 Å². The van der Waals surface area contributed by atoms with Crippen LogP contribution in [0.25, 0.3) is 11.3 Å². The van der Waals surface area contributed by atoms with E-state index in [-0.39, 0.29) is 5.91 Å². The molecule has 6 heteroatoms. The number of likely N-dealkylation sites (tertiary alicyclic amines) is 1. The third kappa shape index (κ3) is 3.58. The predicted molar refractivity (Wildman–Crippen MR) is 97.8 cm³/mol. The highest BCUT2D eigenvalue weighted by atomic mass is 32.1. The topological polar surface area (TPSA) is 58.2 Å². The number of hydrogen-bond acceptors (Lipinski definition) is 4. The van der Waals surface area contributed by atoms with Crippen LogP contribution in [0.4, 0.5) is 0 Å². The summed E-state index contributed by atoms with van der Waals surface area (Å²) in [5, 5.41) is 2.91. The second kappa shape index (κ2) is 7.11. The molecule has 1 saturated heterocycles. The summed E-state index contributed by atoms with van der Waals surface area (Å²) in [5.41, 5.74) is 2.44. The molecular formula is C19H19N3O2S. The Bertz CT molecular complexity index is 850. The van der Waals surface area contributed by atoms with Gasteiger partial charge in [-0.2, -0.15) is 0 Å². The Morgan fingerprint density at radius 2 is 2.04 bits per heavy atom. The standard InChI is InChI=1S/C19H19N3O2S/c23-19(22-8-4-5-9-22)16-10-14(11-20-16)17-13-25-18(21-17)12-24-15-6-2-1-3-7-15/h1-3,6-7,10-11,13,20H,4-5,8-9,12H2. The molecule has 0 unspecified atom stereocenters. The number of para-hydroxylation sites is 1. The summed E-state index contributed by atoms with van der Waals surface area (Å²) < 4.78 is 5.73. The van der Waals surface area contributed by atoms with Gasteiger partial charge < -0.3 is 14.6 Å². The molecule has 0 radical (unpaired) electrons. The van der Waals surface area contributed by atoms with Gasteiger partial charge in [0.05, 0.1) is 5.69 Å². The van der Waals surface area contributed by atoms with E-state index in [2.05, 4.69) is 9.97 Å². The van der Waals surface area contributed by atoms with Crippen LogP contribution in [-0.2, 0) is 6.61 Å². The number of benzene rings is 1. The Balaban J connectivity index is 1.42. The number of ether oxygens (including phenoxy) is 1. The number of nitrogens with zero attached hydrogens (tertiary/aromatic N) is 2. The lowest BCUT2D eigenvalue weighted by molar-refractivity contribution is 0.0788. The number of nitrogens with one attached hydrogen (secondary N) is 1. The lowest BCUT2D eigenvalue weighted by Gasteiger charge is -2.13. The van der Waals surface area contributed by atoms with Crippen LogP contribution in [0.3, 0.4) is 0 Å². The number of hydrogen-bond donors (Lipinski definition) is 1. The Hall–Kier alpha value is -2.60. The average molecular weight is 353 g/mol. The van der Waals surface area contributed by atoms with E-state index in [0.717, 1.165) is 47.9 Å². The largest absolute Gasteiger partial charge is 0.486 e. The van der Waals surface area contributed by atoms with Crippen molar-refractivity contribution in [2.24, 2.45) is 0 Å². The van der Waals surface area contributed by atoms with Gasteiger partial charge in [-0.1, -0.05) is 18.2 Å². The van der Waals surface area contributed by atoms with E-state index in [1.807, 2.05) is 52.9 Å². The van der Waals surface area contributed by atoms with Gasteiger partial charge in [0, 0.05) is 30.2 Å². The van der Waals surface area contributed by atoms with Crippen LogP contribution in [0.5, 0.6) is 5.75 Å². The van der Waals surface area contributed by atoms with Gasteiger partial charge in [0.15, 0.2) is 0 Å². The fourth-order valence-electron chi connectivity index (χ4n) is 2.93. The Morgan fingerprint density at radius 3 is 2.84 bits per heavy atom. The molecule has 0 atom stereocenters. The predicted octanol–water partition coefficient (Wildman–Crippen LogP) is 3.95. The minimum atomic E-state index is 0.0756. The van der Waals surface area contributed by atoms with Crippen molar-refractivity contribution < 1.29 is 9.53 Å². The highest BCUT2D eigenvalue weighted by Gasteiger charge is 2.21. The summed E-state index contributed by atoms with van der Waals surface area (Å²) in [6.45, 7) is 2.15. The summed E-state index contributed by atoms with van der Waals surface area (Å²) in [7, 11) is 0. The SMILES string of the molecule is O=C(c1cc(-c2csc(COc3ccccc3)n2)c[nH]1)N1CCCC1. The van der Waals surface area contributed by atoms with E-state index in [1.54, 1.807) is 11.3 Å². The van der Waals surface area contributed by atoms with Crippen molar-refractivity contribution in [2.45, 2.75) is 19.4 Å². The summed E-state index contributed by atoms with van der Waals surface area (Å²) in [6.07, 6.45) is 4.03. The molecule has 2 aromatic heterocycles. The Morgan fingerprint density at radius 1 is 1.24 bits per heavy atom. The van der Waals surface area contributed by atoms with Crippen LogP contribution < -0.4 is 4.74 Å². The highest BCUT2D eigenvalue weighted by Crippen LogP contribution is 2.24. The van der Waals surface area contributed by atoms with Gasteiger partial charge in [-0.25, -0.2) is 4.98 Å². The number of aromatic nitrogens is 2. The second-order valence-electron chi connectivity index (χ2n) is 6.03. The average Bonchev–Trinajstić information content (AvgIpc) is 3.41. The molecule has 0 bridgehead atoms. The van der Waals surface area contributed by atoms with E-state index >= 15 is 0 Å². The van der Waals surface area contributed by atoms with Crippen molar-refractivity contribution >= 4 is 17.2 Å². The fourth-order valence-corrected chi connectivity index (χ4v) is 3.64. The lowest BCUT2D eigenvalue weighted by Crippen LogP contribution is -2.27. The molecule has 1 amide bonds. The molecule has 1 fully saturated rings. The minimum absolute atomic E-state index is 0.0756. The molecule has 128 valence electrons. The van der Waals surface area contributed by atoms with Gasteiger partial charge in [-0.3, -0.25) is 4.79 Å². The van der Waals surface area contributed by atoms with Crippen LogP contribution >= 0.6 is 11.3 Å². The molecule has 5 nitrogen and oxygen atoms in total. The lowest BCUT2D eigenvalue weighted by atomic mass is 10.2. The van der Waals surface area contributed by atoms with Crippen LogP contribution in [0.15, 0.2) is 48.0 Å². The van der Waals surface area contributed by atoms with Crippen molar-refractivity contribution in [2.75, 3.05) is 13.1 Å². The number of rotatable bonds is 5. The number of carbonyl (C=O) groups excluding carboxylic acids is 1. The maximum Gasteiger partial charge on any atom is 0.270 e. The van der Waals surface area contributed by atoms with Gasteiger partial charge in [0.25, 0.3) is 5.91 Å². The van der Waals surface area contributed by atoms with Crippen molar-refractivity contribution in [3.05, 3.63) is 58.7 Å². The zero-order chi connectivity index (χ0) is 17.1. The summed E-state index contributed by atoms with van der Waals surface area (Å²) in [6, 6.07) is 11.6. The van der Waals surface area contributed by atoms with Crippen molar-refractivity contribution in [1.29, 1.82) is 0 Å². The first kappa shape index (κ1) is 15.9. The maximum atomic E-state index is 12.4. The van der Waals surface area contributed by atoms with E-state index in [9.17, 15) is 4.79 Å². The monoisotopic (exact) mass is 353 g/mol. The van der Waals surface area contributed by atoms with E-state index < -0.39 is 0 Å². The summed E-state index contributed by atoms with van der Waals surface area (Å²) in [4.78, 5) is 22.0. The van der Waals surface area contributed by atoms with Crippen LogP contribution in [0.2, 0.25) is 0 Å². The van der Waals surface area contributed by atoms with E-state index in [4.69, 9.17) is 4.74 Å². The molecule has 0 spiro atoms. The van der Waals surface area contributed by atoms with Gasteiger partial charge in [-0.15, -0.1) is 11.3 Å². The third-order valence-corrected chi connectivity index (χ3v) is 5.08. The number of aromatic amines is 1. The molecule has 0 saturated carbocycles. The number of carbonyl (C=O) groups is 1. The van der Waals surface area contributed by atoms with Crippen molar-refractivity contribution in [1.82, 2.24) is 14.9 Å². The summed E-state index contributed by atoms with van der Waals surface area (Å²) >= 11 is 1.56.